The number of carboxylic acid groups (broad SMARTS) is 1. The van der Waals surface area contributed by atoms with Crippen LogP contribution in [0.2, 0.25) is 0 Å². The first-order chi connectivity index (χ1) is 17.3. The van der Waals surface area contributed by atoms with E-state index in [0.29, 0.717) is 5.01 Å². The summed E-state index contributed by atoms with van der Waals surface area (Å²) in [5.41, 5.74) is -0.120. The number of aromatic nitrogens is 1. The molecular formula is C26H44N4O6S. The van der Waals surface area contributed by atoms with Gasteiger partial charge in [0.1, 0.15) is 11.0 Å². The maximum atomic E-state index is 13.6. The Morgan fingerprint density at radius 3 is 2.24 bits per heavy atom. The van der Waals surface area contributed by atoms with Gasteiger partial charge in [-0.15, -0.1) is 11.3 Å². The normalized spacial score (nSPS) is 14.6. The molecule has 0 spiro atoms. The average Bonchev–Trinajstić information content (AvgIpc) is 3.31. The number of carbonyl (C=O) groups excluding carboxylic acids is 3. The third-order valence-electron chi connectivity index (χ3n) is 6.39. The molecule has 0 saturated carbocycles. The van der Waals surface area contributed by atoms with Crippen molar-refractivity contribution in [3.8, 4) is 0 Å². The van der Waals surface area contributed by atoms with Crippen molar-refractivity contribution in [2.24, 2.45) is 17.8 Å². The smallest absolute Gasteiger partial charge is 0.355 e. The number of nitrogens with one attached hydrogen (secondary N) is 2. The van der Waals surface area contributed by atoms with Gasteiger partial charge < -0.3 is 25.4 Å². The van der Waals surface area contributed by atoms with Crippen LogP contribution in [0.5, 0.6) is 0 Å². The second-order valence-electron chi connectivity index (χ2n) is 10.2. The maximum Gasteiger partial charge on any atom is 0.355 e. The first kappa shape index (κ1) is 32.5. The lowest BCUT2D eigenvalue weighted by Crippen LogP contribution is -2.54. The number of rotatable bonds is 16. The van der Waals surface area contributed by atoms with E-state index in [1.165, 1.54) is 12.3 Å². The highest BCUT2D eigenvalue weighted by molar-refractivity contribution is 7.09. The summed E-state index contributed by atoms with van der Waals surface area (Å²) in [4.78, 5) is 55.4. The third-order valence-corrected chi connectivity index (χ3v) is 7.32. The van der Waals surface area contributed by atoms with E-state index in [1.54, 1.807) is 11.9 Å². The van der Waals surface area contributed by atoms with E-state index in [0.717, 1.165) is 37.1 Å². The lowest BCUT2D eigenvalue weighted by atomic mass is 9.94. The van der Waals surface area contributed by atoms with Crippen molar-refractivity contribution in [3.63, 3.8) is 0 Å². The van der Waals surface area contributed by atoms with Gasteiger partial charge in [0.2, 0.25) is 11.8 Å². The van der Waals surface area contributed by atoms with E-state index < -0.39 is 24.1 Å². The number of aromatic carboxylic acids is 1. The Balaban J connectivity index is 3.05. The second-order valence-corrected chi connectivity index (χ2v) is 11.1. The van der Waals surface area contributed by atoms with Gasteiger partial charge in [0.15, 0.2) is 11.8 Å². The number of ether oxygens (including phenoxy) is 1. The van der Waals surface area contributed by atoms with Crippen molar-refractivity contribution in [1.29, 1.82) is 0 Å². The molecule has 0 fully saturated rings. The molecule has 10 nitrogen and oxygen atoms in total. The van der Waals surface area contributed by atoms with Crippen LogP contribution in [-0.4, -0.2) is 71.5 Å². The van der Waals surface area contributed by atoms with E-state index in [2.05, 4.69) is 15.6 Å². The van der Waals surface area contributed by atoms with Crippen LogP contribution >= 0.6 is 11.3 Å². The highest BCUT2D eigenvalue weighted by Crippen LogP contribution is 2.30. The van der Waals surface area contributed by atoms with Crippen LogP contribution in [0.25, 0.3) is 0 Å². The van der Waals surface area contributed by atoms with Crippen molar-refractivity contribution < 1.29 is 29.0 Å². The van der Waals surface area contributed by atoms with E-state index in [1.807, 2.05) is 41.7 Å². The van der Waals surface area contributed by atoms with Gasteiger partial charge >= 0.3 is 11.9 Å². The number of hydrogen-bond acceptors (Lipinski definition) is 8. The van der Waals surface area contributed by atoms with Crippen LogP contribution in [0.15, 0.2) is 5.38 Å². The largest absolute Gasteiger partial charge is 0.476 e. The number of unbranched alkanes of at least 4 members (excludes halogenated alkanes) is 1. The third kappa shape index (κ3) is 10.4. The fourth-order valence-electron chi connectivity index (χ4n) is 4.11. The number of likely N-dealkylation sites (N-methyl/N-ethyl adjacent to an activating group) is 1. The minimum Gasteiger partial charge on any atom is -0.476 e. The number of carbonyl (C=O) groups is 4. The molecule has 210 valence electrons. The quantitative estimate of drug-likeness (QED) is 0.214. The summed E-state index contributed by atoms with van der Waals surface area (Å²) in [5, 5.41) is 17.1. The first-order valence-electron chi connectivity index (χ1n) is 12.9. The van der Waals surface area contributed by atoms with Crippen LogP contribution < -0.4 is 10.6 Å². The molecule has 11 heteroatoms. The second kappa shape index (κ2) is 15.7. The predicted octanol–water partition coefficient (Wildman–Crippen LogP) is 3.49. The molecule has 0 aliphatic carbocycles. The Kier molecular flexibility index (Phi) is 13.8. The fraction of sp³-hybridized carbons (Fsp3) is 0.731. The van der Waals surface area contributed by atoms with Crippen LogP contribution in [0, 0.1) is 17.8 Å². The predicted molar refractivity (Wildman–Crippen MR) is 143 cm³/mol. The van der Waals surface area contributed by atoms with Gasteiger partial charge in [0, 0.05) is 37.7 Å². The molecule has 1 heterocycles. The number of carboxylic acids is 1. The van der Waals surface area contributed by atoms with Gasteiger partial charge in [-0.05, 0) is 38.3 Å². The molecule has 0 aliphatic heterocycles. The number of amides is 2. The number of esters is 1. The van der Waals surface area contributed by atoms with Crippen molar-refractivity contribution >= 4 is 35.1 Å². The highest BCUT2D eigenvalue weighted by Gasteiger charge is 2.35. The van der Waals surface area contributed by atoms with Gasteiger partial charge in [-0.1, -0.05) is 41.0 Å². The molecule has 1 rings (SSSR count). The van der Waals surface area contributed by atoms with Crippen LogP contribution in [-0.2, 0) is 19.1 Å². The monoisotopic (exact) mass is 540 g/mol. The van der Waals surface area contributed by atoms with Crippen LogP contribution in [0.1, 0.15) is 88.8 Å². The van der Waals surface area contributed by atoms with E-state index in [4.69, 9.17) is 4.74 Å². The van der Waals surface area contributed by atoms with Crippen molar-refractivity contribution in [1.82, 2.24) is 20.5 Å². The van der Waals surface area contributed by atoms with Gasteiger partial charge in [0.25, 0.3) is 0 Å². The summed E-state index contributed by atoms with van der Waals surface area (Å²) >= 11 is 1.10. The minimum atomic E-state index is -1.16. The summed E-state index contributed by atoms with van der Waals surface area (Å²) in [7, 11) is 3.58. The Hall–Kier alpha value is -2.53. The summed E-state index contributed by atoms with van der Waals surface area (Å²) in [5.74, 6) is -2.42. The highest BCUT2D eigenvalue weighted by atomic mass is 32.1. The Morgan fingerprint density at radius 1 is 1.11 bits per heavy atom. The molecule has 4 atom stereocenters. The molecule has 1 aromatic heterocycles. The molecule has 0 unspecified atom stereocenters. The zero-order valence-corrected chi connectivity index (χ0v) is 24.2. The number of thiazole rings is 1. The number of hydrogen-bond donors (Lipinski definition) is 3. The minimum absolute atomic E-state index is 0.0134. The summed E-state index contributed by atoms with van der Waals surface area (Å²) in [6.45, 7) is 11.8. The van der Waals surface area contributed by atoms with Crippen molar-refractivity contribution in [2.75, 3.05) is 20.6 Å². The van der Waals surface area contributed by atoms with Gasteiger partial charge in [0.05, 0.1) is 0 Å². The van der Waals surface area contributed by atoms with Crippen LogP contribution in [0.4, 0.5) is 0 Å². The molecule has 37 heavy (non-hydrogen) atoms. The van der Waals surface area contributed by atoms with Crippen molar-refractivity contribution in [2.45, 2.75) is 85.4 Å². The summed E-state index contributed by atoms with van der Waals surface area (Å²) in [6, 6.07) is -1.06. The first-order valence-corrected chi connectivity index (χ1v) is 13.8. The Morgan fingerprint density at radius 2 is 1.76 bits per heavy atom. The molecule has 0 saturated heterocycles. The van der Waals surface area contributed by atoms with Gasteiger partial charge in [-0.2, -0.15) is 0 Å². The molecule has 1 aromatic rings. The molecule has 0 aliphatic rings. The maximum absolute atomic E-state index is 13.6. The Bertz CT molecular complexity index is 903. The lowest BCUT2D eigenvalue weighted by molar-refractivity contribution is -0.149. The topological polar surface area (TPSA) is 138 Å². The van der Waals surface area contributed by atoms with E-state index in [9.17, 15) is 24.3 Å². The standard InChI is InChI=1S/C26H44N4O6S/c1-15(2)20(13-21(36-18(6)31)24-28-19(14-37-24)26(34)35)30(8)25(33)22(16(3)4)29-23(32)17(5)11-9-10-12-27-7/h14-17,20-22,27H,9-13H2,1-8H3,(H,29,32)(H,34,35)/t17-,20-,21-,22+/m1/s1. The lowest BCUT2D eigenvalue weighted by Gasteiger charge is -2.36. The average molecular weight is 541 g/mol. The molecular weight excluding hydrogens is 496 g/mol. The zero-order valence-electron chi connectivity index (χ0n) is 23.4. The molecule has 2 amide bonds. The molecule has 3 N–H and O–H groups in total. The molecule has 0 bridgehead atoms. The van der Waals surface area contributed by atoms with E-state index in [-0.39, 0.29) is 47.7 Å². The summed E-state index contributed by atoms with van der Waals surface area (Å²) in [6.07, 6.45) is 2.08. The zero-order chi connectivity index (χ0) is 28.3. The fourth-order valence-corrected chi connectivity index (χ4v) is 4.94. The SMILES string of the molecule is CNCCCC[C@@H](C)C(=O)N[C@H](C(=O)N(C)[C@H](C[C@@H](OC(C)=O)c1nc(C(=O)O)cs1)C(C)C)C(C)C. The van der Waals surface area contributed by atoms with Gasteiger partial charge in [-0.3, -0.25) is 14.4 Å². The van der Waals surface area contributed by atoms with E-state index >= 15 is 0 Å². The van der Waals surface area contributed by atoms with Gasteiger partial charge in [-0.25, -0.2) is 9.78 Å². The Labute approximate surface area is 224 Å². The molecule has 0 radical (unpaired) electrons. The van der Waals surface area contributed by atoms with Crippen molar-refractivity contribution in [3.05, 3.63) is 16.1 Å². The molecule has 0 aromatic carbocycles. The summed E-state index contributed by atoms with van der Waals surface area (Å²) < 4.78 is 5.50. The number of nitrogens with zero attached hydrogens (tertiary/aromatic N) is 2. The van der Waals surface area contributed by atoms with Crippen LogP contribution in [0.3, 0.4) is 0 Å².